The van der Waals surface area contributed by atoms with Crippen molar-refractivity contribution in [3.05, 3.63) is 48.3 Å². The van der Waals surface area contributed by atoms with E-state index in [-0.39, 0.29) is 29.7 Å². The van der Waals surface area contributed by atoms with Crippen molar-refractivity contribution in [2.75, 3.05) is 25.4 Å². The molecule has 28 heavy (non-hydrogen) atoms. The number of benzene rings is 1. The largest absolute Gasteiger partial charge is 0.489 e. The predicted molar refractivity (Wildman–Crippen MR) is 108 cm³/mol. The zero-order valence-electron chi connectivity index (χ0n) is 16.6. The summed E-state index contributed by atoms with van der Waals surface area (Å²) >= 11 is 0. The fraction of sp³-hybridized carbons (Fsp3) is 0.450. The molecule has 6 nitrogen and oxygen atoms in total. The fourth-order valence-corrected chi connectivity index (χ4v) is 3.50. The summed E-state index contributed by atoms with van der Waals surface area (Å²) in [5, 5.41) is 2.77. The lowest BCUT2D eigenvalue weighted by Gasteiger charge is -2.17. The quantitative estimate of drug-likeness (QED) is 0.576. The maximum Gasteiger partial charge on any atom is 0.225 e. The first kappa shape index (κ1) is 23.8. The lowest BCUT2D eigenvalue weighted by Crippen LogP contribution is -2.35. The standard InChI is InChI=1S/C20H29FN2O4S/c1-15(9-10-23-19(24)20(2,3)4)14-28(25,26)18-7-5-17(6-8-18)27-13-16(11-21)12-22/h5-8,11H,1,9-10,12-14,22H2,2-4H3,(H,23,24)/b16-11+. The van der Waals surface area contributed by atoms with Crippen LogP contribution in [-0.4, -0.2) is 39.8 Å². The Morgan fingerprint density at radius 1 is 1.29 bits per heavy atom. The molecule has 1 rings (SSSR count). The van der Waals surface area contributed by atoms with Crippen molar-refractivity contribution >= 4 is 15.7 Å². The van der Waals surface area contributed by atoms with Crippen molar-refractivity contribution in [3.63, 3.8) is 0 Å². The second-order valence-electron chi connectivity index (χ2n) is 7.50. The number of ether oxygens (including phenoxy) is 1. The third kappa shape index (κ3) is 7.82. The molecule has 8 heteroatoms. The summed E-state index contributed by atoms with van der Waals surface area (Å²) in [6, 6.07) is 5.87. The summed E-state index contributed by atoms with van der Waals surface area (Å²) < 4.78 is 42.8. The Morgan fingerprint density at radius 3 is 2.39 bits per heavy atom. The minimum Gasteiger partial charge on any atom is -0.489 e. The molecule has 0 fully saturated rings. The highest BCUT2D eigenvalue weighted by Gasteiger charge is 2.21. The van der Waals surface area contributed by atoms with Crippen LogP contribution in [0.15, 0.2) is 53.2 Å². The van der Waals surface area contributed by atoms with E-state index in [0.29, 0.717) is 36.2 Å². The Hall–Kier alpha value is -2.19. The lowest BCUT2D eigenvalue weighted by atomic mass is 9.96. The number of carbonyl (C=O) groups excluding carboxylic acids is 1. The third-order valence-corrected chi connectivity index (χ3v) is 5.64. The van der Waals surface area contributed by atoms with E-state index < -0.39 is 15.3 Å². The molecule has 0 spiro atoms. The van der Waals surface area contributed by atoms with Gasteiger partial charge in [0.2, 0.25) is 5.91 Å². The van der Waals surface area contributed by atoms with Gasteiger partial charge < -0.3 is 15.8 Å². The summed E-state index contributed by atoms with van der Waals surface area (Å²) in [6.45, 7) is 9.59. The van der Waals surface area contributed by atoms with Crippen LogP contribution < -0.4 is 15.8 Å². The van der Waals surface area contributed by atoms with Crippen LogP contribution in [-0.2, 0) is 14.6 Å². The molecule has 0 radical (unpaired) electrons. The van der Waals surface area contributed by atoms with Gasteiger partial charge in [-0.05, 0) is 30.7 Å². The molecule has 0 bridgehead atoms. The molecule has 0 saturated heterocycles. The molecule has 0 aliphatic rings. The first-order chi connectivity index (χ1) is 13.0. The zero-order chi connectivity index (χ0) is 21.4. The maximum atomic E-state index is 12.5. The summed E-state index contributed by atoms with van der Waals surface area (Å²) in [4.78, 5) is 12.0. The number of hydrogen-bond donors (Lipinski definition) is 2. The Kier molecular flexibility index (Phi) is 8.84. The van der Waals surface area contributed by atoms with E-state index in [1.165, 1.54) is 24.3 Å². The first-order valence-electron chi connectivity index (χ1n) is 8.88. The van der Waals surface area contributed by atoms with Crippen LogP contribution >= 0.6 is 0 Å². The number of hydrogen-bond acceptors (Lipinski definition) is 5. The first-order valence-corrected chi connectivity index (χ1v) is 10.5. The molecule has 156 valence electrons. The van der Waals surface area contributed by atoms with Gasteiger partial charge in [-0.1, -0.05) is 32.9 Å². The van der Waals surface area contributed by atoms with Crippen LogP contribution in [0.25, 0.3) is 0 Å². The van der Waals surface area contributed by atoms with E-state index in [1.54, 1.807) is 20.8 Å². The highest BCUT2D eigenvalue weighted by Crippen LogP contribution is 2.20. The number of sulfone groups is 1. The van der Waals surface area contributed by atoms with Gasteiger partial charge in [-0.3, -0.25) is 4.79 Å². The molecule has 3 N–H and O–H groups in total. The Bertz CT molecular complexity index is 810. The lowest BCUT2D eigenvalue weighted by molar-refractivity contribution is -0.128. The molecule has 0 saturated carbocycles. The number of amides is 1. The summed E-state index contributed by atoms with van der Waals surface area (Å²) in [6.07, 6.45) is 0.772. The van der Waals surface area contributed by atoms with Gasteiger partial charge in [0.15, 0.2) is 9.84 Å². The number of nitrogens with one attached hydrogen (secondary N) is 1. The van der Waals surface area contributed by atoms with Gasteiger partial charge in [0.05, 0.1) is 17.0 Å². The molecule has 0 aliphatic carbocycles. The SMILES string of the molecule is C=C(CCNC(=O)C(C)(C)C)CS(=O)(=O)c1ccc(OC/C(=C/F)CN)cc1. The zero-order valence-corrected chi connectivity index (χ0v) is 17.4. The van der Waals surface area contributed by atoms with Crippen LogP contribution in [0, 0.1) is 5.41 Å². The van der Waals surface area contributed by atoms with Gasteiger partial charge in [-0.25, -0.2) is 12.8 Å². The second kappa shape index (κ2) is 10.4. The third-order valence-electron chi connectivity index (χ3n) is 3.86. The van der Waals surface area contributed by atoms with Crippen LogP contribution in [0.4, 0.5) is 4.39 Å². The topological polar surface area (TPSA) is 98.5 Å². The van der Waals surface area contributed by atoms with Crippen molar-refractivity contribution in [1.82, 2.24) is 5.32 Å². The number of nitrogens with two attached hydrogens (primary N) is 1. The number of halogens is 1. The van der Waals surface area contributed by atoms with Crippen LogP contribution in [0.3, 0.4) is 0 Å². The average Bonchev–Trinajstić information content (AvgIpc) is 2.61. The molecule has 0 unspecified atom stereocenters. The second-order valence-corrected chi connectivity index (χ2v) is 9.49. The van der Waals surface area contributed by atoms with Crippen LogP contribution in [0.5, 0.6) is 5.75 Å². The highest BCUT2D eigenvalue weighted by molar-refractivity contribution is 7.91. The molecule has 0 aromatic heterocycles. The summed E-state index contributed by atoms with van der Waals surface area (Å²) in [5.41, 5.74) is 5.66. The Morgan fingerprint density at radius 2 is 1.89 bits per heavy atom. The van der Waals surface area contributed by atoms with Crippen LogP contribution in [0.1, 0.15) is 27.2 Å². The van der Waals surface area contributed by atoms with Gasteiger partial charge in [-0.2, -0.15) is 0 Å². The Labute approximate surface area is 166 Å². The van der Waals surface area contributed by atoms with E-state index in [0.717, 1.165) is 0 Å². The number of rotatable bonds is 10. The normalized spacial score (nSPS) is 12.5. The monoisotopic (exact) mass is 412 g/mol. The molecule has 1 aromatic rings. The van der Waals surface area contributed by atoms with Crippen molar-refractivity contribution in [2.45, 2.75) is 32.1 Å². The summed E-state index contributed by atoms with van der Waals surface area (Å²) in [5.74, 6) is 0.107. The predicted octanol–water partition coefficient (Wildman–Crippen LogP) is 2.76. The van der Waals surface area contributed by atoms with Crippen molar-refractivity contribution in [3.8, 4) is 5.75 Å². The smallest absolute Gasteiger partial charge is 0.225 e. The molecule has 0 aliphatic heterocycles. The van der Waals surface area contributed by atoms with Gasteiger partial charge in [-0.15, -0.1) is 0 Å². The molecule has 0 heterocycles. The van der Waals surface area contributed by atoms with Crippen LogP contribution in [0.2, 0.25) is 0 Å². The highest BCUT2D eigenvalue weighted by atomic mass is 32.2. The minimum atomic E-state index is -3.56. The molecule has 1 aromatic carbocycles. The van der Waals surface area contributed by atoms with E-state index in [4.69, 9.17) is 10.5 Å². The van der Waals surface area contributed by atoms with Gasteiger partial charge in [0.1, 0.15) is 12.4 Å². The van der Waals surface area contributed by atoms with E-state index in [1.807, 2.05) is 0 Å². The number of carbonyl (C=O) groups is 1. The van der Waals surface area contributed by atoms with E-state index in [2.05, 4.69) is 11.9 Å². The van der Waals surface area contributed by atoms with Gasteiger partial charge in [0.25, 0.3) is 0 Å². The van der Waals surface area contributed by atoms with E-state index in [9.17, 15) is 17.6 Å². The van der Waals surface area contributed by atoms with Crippen molar-refractivity contribution < 1.29 is 22.3 Å². The van der Waals surface area contributed by atoms with Gasteiger partial charge >= 0.3 is 0 Å². The molecular formula is C20H29FN2O4S. The van der Waals surface area contributed by atoms with E-state index >= 15 is 0 Å². The molecule has 1 amide bonds. The maximum absolute atomic E-state index is 12.5. The molecular weight excluding hydrogens is 383 g/mol. The average molecular weight is 413 g/mol. The minimum absolute atomic E-state index is 0.00378. The fourth-order valence-electron chi connectivity index (χ4n) is 2.10. The Balaban J connectivity index is 2.60. The molecule has 0 atom stereocenters. The summed E-state index contributed by atoms with van der Waals surface area (Å²) in [7, 11) is -3.56. The van der Waals surface area contributed by atoms with Crippen molar-refractivity contribution in [1.29, 1.82) is 0 Å². The van der Waals surface area contributed by atoms with Gasteiger partial charge in [0, 0.05) is 24.1 Å². The van der Waals surface area contributed by atoms with Crippen molar-refractivity contribution in [2.24, 2.45) is 11.1 Å².